The van der Waals surface area contributed by atoms with Crippen molar-refractivity contribution in [1.82, 2.24) is 9.88 Å². The molecule has 1 aliphatic rings. The molecular formula is C23H19ClN4O3S. The van der Waals surface area contributed by atoms with Gasteiger partial charge in [-0.3, -0.25) is 14.9 Å². The van der Waals surface area contributed by atoms with Crippen LogP contribution in [-0.4, -0.2) is 20.6 Å². The minimum atomic E-state index is -0.414. The average molecular weight is 467 g/mol. The van der Waals surface area contributed by atoms with Crippen LogP contribution < -0.4 is 5.32 Å². The maximum atomic E-state index is 12.5. The molecular weight excluding hydrogens is 448 g/mol. The van der Waals surface area contributed by atoms with Crippen LogP contribution in [0.2, 0.25) is 5.02 Å². The summed E-state index contributed by atoms with van der Waals surface area (Å²) in [6.07, 6.45) is 1.81. The van der Waals surface area contributed by atoms with E-state index in [9.17, 15) is 14.9 Å². The Morgan fingerprint density at radius 2 is 1.91 bits per heavy atom. The molecule has 0 spiro atoms. The van der Waals surface area contributed by atoms with Gasteiger partial charge in [0, 0.05) is 28.5 Å². The molecule has 162 valence electrons. The molecule has 7 nitrogen and oxygen atoms in total. The van der Waals surface area contributed by atoms with Gasteiger partial charge in [-0.05, 0) is 74.0 Å². The molecule has 0 radical (unpaired) electrons. The molecule has 0 saturated carbocycles. The second-order valence-electron chi connectivity index (χ2n) is 7.30. The van der Waals surface area contributed by atoms with Crippen molar-refractivity contribution in [2.24, 2.45) is 4.99 Å². The summed E-state index contributed by atoms with van der Waals surface area (Å²) in [4.78, 5) is 28.3. The number of hydrogen-bond donors (Lipinski definition) is 1. The van der Waals surface area contributed by atoms with Gasteiger partial charge < -0.3 is 9.88 Å². The zero-order valence-electron chi connectivity index (χ0n) is 17.5. The Balaban J connectivity index is 1.66. The number of nitro benzene ring substituents is 1. The summed E-state index contributed by atoms with van der Waals surface area (Å²) in [5, 5.41) is 15.0. The van der Waals surface area contributed by atoms with Crippen LogP contribution in [0.4, 0.5) is 11.4 Å². The minimum absolute atomic E-state index is 0.0257. The first-order chi connectivity index (χ1) is 15.2. The van der Waals surface area contributed by atoms with Gasteiger partial charge in [0.25, 0.3) is 11.6 Å². The summed E-state index contributed by atoms with van der Waals surface area (Å²) >= 11 is 7.42. The molecule has 3 aromatic rings. The first-order valence-electron chi connectivity index (χ1n) is 9.73. The standard InChI is InChI=1S/C23H19ClN4O3S/c1-13-10-16(15(3)27(13)17-6-4-7-18(12-17)28(30)31)11-21-22(29)26-23(32-21)25-20-9-5-8-19(24)14(20)2/h4-12H,1-3H3,(H,25,26,29)/b21-11-. The highest BCUT2D eigenvalue weighted by Crippen LogP contribution is 2.32. The third-order valence-corrected chi connectivity index (χ3v) is 6.49. The third kappa shape index (κ3) is 4.19. The quantitative estimate of drug-likeness (QED) is 0.296. The number of nitro groups is 1. The number of carbonyl (C=O) groups excluding carboxylic acids is 1. The zero-order valence-corrected chi connectivity index (χ0v) is 19.1. The van der Waals surface area contributed by atoms with Crippen molar-refractivity contribution in [2.45, 2.75) is 20.8 Å². The van der Waals surface area contributed by atoms with Gasteiger partial charge in [0.15, 0.2) is 5.17 Å². The van der Waals surface area contributed by atoms with Crippen molar-refractivity contribution in [3.8, 4) is 5.69 Å². The van der Waals surface area contributed by atoms with Crippen LogP contribution in [0.1, 0.15) is 22.5 Å². The van der Waals surface area contributed by atoms with Gasteiger partial charge in [-0.2, -0.15) is 0 Å². The molecule has 1 amide bonds. The lowest BCUT2D eigenvalue weighted by molar-refractivity contribution is -0.384. The fourth-order valence-electron chi connectivity index (χ4n) is 3.53. The van der Waals surface area contributed by atoms with Crippen molar-refractivity contribution in [3.05, 3.63) is 91.1 Å². The second-order valence-corrected chi connectivity index (χ2v) is 8.74. The van der Waals surface area contributed by atoms with Crippen LogP contribution in [0.25, 0.3) is 11.8 Å². The summed E-state index contributed by atoms with van der Waals surface area (Å²) < 4.78 is 1.93. The second kappa shape index (κ2) is 8.64. The Bertz CT molecular complexity index is 1330. The van der Waals surface area contributed by atoms with Crippen molar-refractivity contribution in [3.63, 3.8) is 0 Å². The zero-order chi connectivity index (χ0) is 23.0. The molecule has 0 aliphatic carbocycles. The molecule has 0 bridgehead atoms. The van der Waals surface area contributed by atoms with Crippen LogP contribution in [0, 0.1) is 30.9 Å². The number of rotatable bonds is 4. The van der Waals surface area contributed by atoms with Gasteiger partial charge in [-0.25, -0.2) is 4.99 Å². The molecule has 2 heterocycles. The van der Waals surface area contributed by atoms with Crippen LogP contribution in [0.3, 0.4) is 0 Å². The highest BCUT2D eigenvalue weighted by atomic mass is 35.5. The monoisotopic (exact) mass is 466 g/mol. The van der Waals surface area contributed by atoms with E-state index in [1.54, 1.807) is 12.1 Å². The van der Waals surface area contributed by atoms with Crippen LogP contribution >= 0.6 is 23.4 Å². The Kier molecular flexibility index (Phi) is 5.90. The van der Waals surface area contributed by atoms with Gasteiger partial charge in [0.2, 0.25) is 0 Å². The first-order valence-corrected chi connectivity index (χ1v) is 10.9. The number of thioether (sulfide) groups is 1. The predicted molar refractivity (Wildman–Crippen MR) is 129 cm³/mol. The highest BCUT2D eigenvalue weighted by Gasteiger charge is 2.25. The molecule has 1 N–H and O–H groups in total. The highest BCUT2D eigenvalue weighted by molar-refractivity contribution is 8.18. The molecule has 2 aromatic carbocycles. The maximum Gasteiger partial charge on any atom is 0.271 e. The van der Waals surface area contributed by atoms with Crippen LogP contribution in [0.5, 0.6) is 0 Å². The Hall–Kier alpha value is -3.36. The number of carbonyl (C=O) groups is 1. The average Bonchev–Trinajstić information content (AvgIpc) is 3.23. The van der Waals surface area contributed by atoms with E-state index in [0.717, 1.165) is 22.5 Å². The molecule has 0 unspecified atom stereocenters. The number of halogens is 1. The Morgan fingerprint density at radius 3 is 2.66 bits per heavy atom. The van der Waals surface area contributed by atoms with E-state index in [1.807, 2.05) is 55.7 Å². The smallest absolute Gasteiger partial charge is 0.271 e. The van der Waals surface area contributed by atoms with Gasteiger partial charge in [-0.1, -0.05) is 23.7 Å². The number of benzene rings is 2. The largest absolute Gasteiger partial charge is 0.318 e. The fraction of sp³-hybridized carbons (Fsp3) is 0.130. The molecule has 1 fully saturated rings. The predicted octanol–water partition coefficient (Wildman–Crippen LogP) is 5.86. The van der Waals surface area contributed by atoms with Crippen LogP contribution in [0.15, 0.2) is 58.4 Å². The molecule has 9 heteroatoms. The van der Waals surface area contributed by atoms with Gasteiger partial charge in [0.05, 0.1) is 21.2 Å². The van der Waals surface area contributed by atoms with E-state index in [0.29, 0.717) is 26.5 Å². The molecule has 32 heavy (non-hydrogen) atoms. The number of aliphatic imine (C=N–C) groups is 1. The van der Waals surface area contributed by atoms with E-state index in [1.165, 1.54) is 23.9 Å². The lowest BCUT2D eigenvalue weighted by Crippen LogP contribution is -2.19. The number of non-ortho nitro benzene ring substituents is 1. The number of nitrogens with one attached hydrogen (secondary N) is 1. The minimum Gasteiger partial charge on any atom is -0.318 e. The summed E-state index contributed by atoms with van der Waals surface area (Å²) in [5.41, 5.74) is 4.90. The van der Waals surface area contributed by atoms with E-state index >= 15 is 0 Å². The number of amides is 1. The lowest BCUT2D eigenvalue weighted by Gasteiger charge is -2.09. The lowest BCUT2D eigenvalue weighted by atomic mass is 10.2. The summed E-state index contributed by atoms with van der Waals surface area (Å²) in [6, 6.07) is 13.9. The SMILES string of the molecule is Cc1c(Cl)cccc1N=C1NC(=O)/C(=C/c2cc(C)n(-c3cccc([N+](=O)[O-])c3)c2C)S1. The fourth-order valence-corrected chi connectivity index (χ4v) is 4.52. The van der Waals surface area contributed by atoms with E-state index in [4.69, 9.17) is 11.6 Å². The molecule has 4 rings (SSSR count). The molecule has 0 atom stereocenters. The van der Waals surface area contributed by atoms with Gasteiger partial charge in [0.1, 0.15) is 0 Å². The van der Waals surface area contributed by atoms with Crippen molar-refractivity contribution in [1.29, 1.82) is 0 Å². The number of aryl methyl sites for hydroxylation is 1. The van der Waals surface area contributed by atoms with Crippen LogP contribution in [-0.2, 0) is 4.79 Å². The van der Waals surface area contributed by atoms with E-state index in [2.05, 4.69) is 10.3 Å². The van der Waals surface area contributed by atoms with E-state index < -0.39 is 4.92 Å². The number of aromatic nitrogens is 1. The maximum absolute atomic E-state index is 12.5. The summed E-state index contributed by atoms with van der Waals surface area (Å²) in [5.74, 6) is -0.228. The molecule has 1 aliphatic heterocycles. The third-order valence-electron chi connectivity index (χ3n) is 5.17. The molecule has 1 aromatic heterocycles. The van der Waals surface area contributed by atoms with Crippen molar-refractivity contribution in [2.75, 3.05) is 0 Å². The summed E-state index contributed by atoms with van der Waals surface area (Å²) in [7, 11) is 0. The summed E-state index contributed by atoms with van der Waals surface area (Å²) in [6.45, 7) is 5.72. The van der Waals surface area contributed by atoms with Gasteiger partial charge in [-0.15, -0.1) is 0 Å². The number of amidine groups is 1. The van der Waals surface area contributed by atoms with Crippen molar-refractivity contribution >= 4 is 51.9 Å². The molecule has 1 saturated heterocycles. The first kappa shape index (κ1) is 21.9. The van der Waals surface area contributed by atoms with Crippen molar-refractivity contribution < 1.29 is 9.72 Å². The topological polar surface area (TPSA) is 89.5 Å². The van der Waals surface area contributed by atoms with E-state index in [-0.39, 0.29) is 11.6 Å². The van der Waals surface area contributed by atoms with Gasteiger partial charge >= 0.3 is 0 Å². The Morgan fingerprint density at radius 1 is 1.16 bits per heavy atom. The Labute approximate surface area is 194 Å². The number of hydrogen-bond acceptors (Lipinski definition) is 5. The normalized spacial score (nSPS) is 16.1. The number of nitrogens with zero attached hydrogens (tertiary/aromatic N) is 3.